The number of piperidine rings is 1. The molecule has 0 radical (unpaired) electrons. The summed E-state index contributed by atoms with van der Waals surface area (Å²) < 4.78 is 6.56. The van der Waals surface area contributed by atoms with Gasteiger partial charge in [-0.3, -0.25) is 9.59 Å². The van der Waals surface area contributed by atoms with Gasteiger partial charge in [0.2, 0.25) is 5.91 Å². The number of methoxy groups -OCH3 is 1. The van der Waals surface area contributed by atoms with E-state index in [1.807, 2.05) is 18.2 Å². The van der Waals surface area contributed by atoms with Gasteiger partial charge in [-0.05, 0) is 18.9 Å². The zero-order chi connectivity index (χ0) is 15.5. The maximum absolute atomic E-state index is 12.4. The zero-order valence-electron chi connectivity index (χ0n) is 12.6. The van der Waals surface area contributed by atoms with Crippen LogP contribution in [-0.4, -0.2) is 46.9 Å². The molecular weight excluding hydrogens is 282 g/mol. The Morgan fingerprint density at radius 2 is 2.23 bits per heavy atom. The van der Waals surface area contributed by atoms with E-state index in [4.69, 9.17) is 4.74 Å². The molecule has 1 saturated heterocycles. The number of rotatable bonds is 3. The maximum Gasteiger partial charge on any atom is 0.275 e. The minimum Gasteiger partial charge on any atom is -0.380 e. The van der Waals surface area contributed by atoms with Crippen molar-refractivity contribution in [2.24, 2.45) is 0 Å². The van der Waals surface area contributed by atoms with Gasteiger partial charge in [0, 0.05) is 25.6 Å². The van der Waals surface area contributed by atoms with Crippen molar-refractivity contribution in [2.75, 3.05) is 20.2 Å². The molecule has 1 fully saturated rings. The molecule has 22 heavy (non-hydrogen) atoms. The highest BCUT2D eigenvalue weighted by Gasteiger charge is 2.24. The number of carbonyl (C=O) groups excluding carboxylic acids is 1. The molecule has 0 spiro atoms. The van der Waals surface area contributed by atoms with Gasteiger partial charge >= 0.3 is 0 Å². The minimum absolute atomic E-state index is 0.0277. The third-order valence-corrected chi connectivity index (χ3v) is 4.11. The van der Waals surface area contributed by atoms with Crippen LogP contribution in [0.1, 0.15) is 12.8 Å². The molecule has 0 N–H and O–H groups in total. The van der Waals surface area contributed by atoms with Gasteiger partial charge in [-0.25, -0.2) is 4.68 Å². The molecule has 1 aliphatic rings. The number of aromatic nitrogens is 2. The summed E-state index contributed by atoms with van der Waals surface area (Å²) in [5.74, 6) is -0.0911. The van der Waals surface area contributed by atoms with E-state index in [9.17, 15) is 9.59 Å². The predicted octanol–water partition coefficient (Wildman–Crippen LogP) is 1.03. The van der Waals surface area contributed by atoms with Gasteiger partial charge in [-0.1, -0.05) is 18.2 Å². The summed E-state index contributed by atoms with van der Waals surface area (Å²) in [7, 11) is 1.66. The highest BCUT2D eigenvalue weighted by Crippen LogP contribution is 2.13. The first-order valence-electron chi connectivity index (χ1n) is 7.44. The van der Waals surface area contributed by atoms with Crippen LogP contribution in [0, 0.1) is 0 Å². The van der Waals surface area contributed by atoms with Crippen molar-refractivity contribution in [3.63, 3.8) is 0 Å². The van der Waals surface area contributed by atoms with Gasteiger partial charge < -0.3 is 9.64 Å². The number of likely N-dealkylation sites (tertiary alicyclic amines) is 1. The summed E-state index contributed by atoms with van der Waals surface area (Å²) in [4.78, 5) is 26.5. The molecule has 0 aliphatic carbocycles. The van der Waals surface area contributed by atoms with Crippen molar-refractivity contribution in [1.29, 1.82) is 0 Å². The second-order valence-electron chi connectivity index (χ2n) is 5.53. The number of hydrogen-bond acceptors (Lipinski definition) is 4. The molecule has 1 aromatic carbocycles. The molecule has 1 aromatic heterocycles. The van der Waals surface area contributed by atoms with E-state index in [1.54, 1.807) is 24.3 Å². The van der Waals surface area contributed by atoms with Gasteiger partial charge in [0.25, 0.3) is 5.56 Å². The monoisotopic (exact) mass is 301 g/mol. The van der Waals surface area contributed by atoms with E-state index >= 15 is 0 Å². The van der Waals surface area contributed by atoms with Crippen LogP contribution in [0.15, 0.2) is 35.3 Å². The molecule has 116 valence electrons. The van der Waals surface area contributed by atoms with Crippen molar-refractivity contribution >= 4 is 16.7 Å². The summed E-state index contributed by atoms with van der Waals surface area (Å²) in [6.07, 6.45) is 3.59. The molecule has 1 aliphatic heterocycles. The van der Waals surface area contributed by atoms with E-state index in [1.165, 1.54) is 4.68 Å². The zero-order valence-corrected chi connectivity index (χ0v) is 12.6. The molecule has 6 nitrogen and oxygen atoms in total. The molecule has 0 bridgehead atoms. The summed E-state index contributed by atoms with van der Waals surface area (Å²) in [6.45, 7) is 1.26. The summed E-state index contributed by atoms with van der Waals surface area (Å²) in [6, 6.07) is 7.26. The van der Waals surface area contributed by atoms with E-state index in [0.717, 1.165) is 18.2 Å². The number of benzene rings is 1. The molecule has 1 amide bonds. The Kier molecular flexibility index (Phi) is 4.20. The normalized spacial score (nSPS) is 18.6. The first-order valence-corrected chi connectivity index (χ1v) is 7.44. The van der Waals surface area contributed by atoms with Crippen molar-refractivity contribution in [2.45, 2.75) is 25.5 Å². The fraction of sp³-hybridized carbons (Fsp3) is 0.438. The van der Waals surface area contributed by atoms with Crippen molar-refractivity contribution in [3.05, 3.63) is 40.8 Å². The molecule has 1 unspecified atom stereocenters. The lowest BCUT2D eigenvalue weighted by molar-refractivity contribution is -0.135. The van der Waals surface area contributed by atoms with Gasteiger partial charge in [-0.2, -0.15) is 5.10 Å². The van der Waals surface area contributed by atoms with Gasteiger partial charge in [-0.15, -0.1) is 0 Å². The van der Waals surface area contributed by atoms with Crippen LogP contribution in [-0.2, 0) is 16.1 Å². The Morgan fingerprint density at radius 3 is 3.05 bits per heavy atom. The smallest absolute Gasteiger partial charge is 0.275 e. The fourth-order valence-electron chi connectivity index (χ4n) is 2.83. The minimum atomic E-state index is -0.230. The van der Waals surface area contributed by atoms with Gasteiger partial charge in [0.15, 0.2) is 0 Å². The Morgan fingerprint density at radius 1 is 1.41 bits per heavy atom. The van der Waals surface area contributed by atoms with Crippen molar-refractivity contribution in [1.82, 2.24) is 14.7 Å². The average Bonchev–Trinajstić information content (AvgIpc) is 2.57. The Bertz CT molecular complexity index is 741. The average molecular weight is 301 g/mol. The van der Waals surface area contributed by atoms with Crippen molar-refractivity contribution < 1.29 is 9.53 Å². The van der Waals surface area contributed by atoms with Gasteiger partial charge in [0.05, 0.1) is 17.7 Å². The van der Waals surface area contributed by atoms with Gasteiger partial charge in [0.1, 0.15) is 6.54 Å². The third-order valence-electron chi connectivity index (χ3n) is 4.11. The first kappa shape index (κ1) is 14.7. The maximum atomic E-state index is 12.4. The lowest BCUT2D eigenvalue weighted by Gasteiger charge is -2.31. The molecule has 1 atom stereocenters. The number of ether oxygens (including phenoxy) is 1. The summed E-state index contributed by atoms with van der Waals surface area (Å²) in [5.41, 5.74) is -0.230. The second-order valence-corrected chi connectivity index (χ2v) is 5.53. The highest BCUT2D eigenvalue weighted by atomic mass is 16.5. The topological polar surface area (TPSA) is 64.4 Å². The lowest BCUT2D eigenvalue weighted by Crippen LogP contribution is -2.45. The van der Waals surface area contributed by atoms with Crippen LogP contribution >= 0.6 is 0 Å². The highest BCUT2D eigenvalue weighted by molar-refractivity contribution is 5.81. The fourth-order valence-corrected chi connectivity index (χ4v) is 2.83. The van der Waals surface area contributed by atoms with Crippen LogP contribution in [0.25, 0.3) is 10.8 Å². The van der Waals surface area contributed by atoms with E-state index in [0.29, 0.717) is 18.5 Å². The first-order chi connectivity index (χ1) is 10.7. The van der Waals surface area contributed by atoms with Crippen LogP contribution in [0.5, 0.6) is 0 Å². The lowest BCUT2D eigenvalue weighted by atomic mass is 10.1. The molecular formula is C16H19N3O3. The quantitative estimate of drug-likeness (QED) is 0.849. The largest absolute Gasteiger partial charge is 0.380 e. The van der Waals surface area contributed by atoms with E-state index < -0.39 is 0 Å². The SMILES string of the molecule is COC1CCCN(C(=O)Cn2ncc3ccccc3c2=O)C1. The number of nitrogens with zero attached hydrogens (tertiary/aromatic N) is 3. The standard InChI is InChI=1S/C16H19N3O3/c1-22-13-6-4-8-18(10-13)15(20)11-19-16(21)14-7-3-2-5-12(14)9-17-19/h2-3,5,7,9,13H,4,6,8,10-11H2,1H3. The van der Waals surface area contributed by atoms with Crippen LogP contribution < -0.4 is 5.56 Å². The molecule has 2 heterocycles. The summed E-state index contributed by atoms with van der Waals surface area (Å²) >= 11 is 0. The number of carbonyl (C=O) groups is 1. The molecule has 2 aromatic rings. The van der Waals surface area contributed by atoms with E-state index in [2.05, 4.69) is 5.10 Å². The number of amides is 1. The van der Waals surface area contributed by atoms with Crippen molar-refractivity contribution in [3.8, 4) is 0 Å². The second kappa shape index (κ2) is 6.27. The van der Waals surface area contributed by atoms with Crippen LogP contribution in [0.2, 0.25) is 0 Å². The molecule has 3 rings (SSSR count). The van der Waals surface area contributed by atoms with E-state index in [-0.39, 0.29) is 24.1 Å². The Hall–Kier alpha value is -2.21. The number of hydrogen-bond donors (Lipinski definition) is 0. The molecule has 0 saturated carbocycles. The predicted molar refractivity (Wildman–Crippen MR) is 82.6 cm³/mol. The molecule has 6 heteroatoms. The Labute approximate surface area is 128 Å². The third kappa shape index (κ3) is 2.87. The Balaban J connectivity index is 1.79. The van der Waals surface area contributed by atoms with Crippen LogP contribution in [0.4, 0.5) is 0 Å². The number of fused-ring (bicyclic) bond motifs is 1. The summed E-state index contributed by atoms with van der Waals surface area (Å²) in [5, 5.41) is 5.47. The van der Waals surface area contributed by atoms with Crippen LogP contribution in [0.3, 0.4) is 0 Å².